The number of aryl methyl sites for hydroxylation is 1. The van der Waals surface area contributed by atoms with Crippen molar-refractivity contribution >= 4 is 46.1 Å². The number of hydrogen-bond acceptors (Lipinski definition) is 4. The molecule has 3 aromatic rings. The average molecular weight is 425 g/mol. The number of fused-ring (bicyclic) bond motifs is 1. The number of urea groups is 1. The molecule has 3 aromatic carbocycles. The first-order valence-corrected chi connectivity index (χ1v) is 10.8. The van der Waals surface area contributed by atoms with Crippen LogP contribution in [0.5, 0.6) is 0 Å². The molecule has 6 heteroatoms. The number of nitrogens with one attached hydrogen (secondary N) is 1. The molecule has 0 spiro atoms. The number of nitrogens with zero attached hydrogens (tertiary/aromatic N) is 2. The lowest BCUT2D eigenvalue weighted by Gasteiger charge is -2.27. The minimum absolute atomic E-state index is 0.0630. The normalized spacial score (nSPS) is 18.0. The highest BCUT2D eigenvalue weighted by Gasteiger charge is 2.37. The Morgan fingerprint density at radius 1 is 0.812 bits per heavy atom. The second-order valence-electron chi connectivity index (χ2n) is 8.16. The van der Waals surface area contributed by atoms with Crippen molar-refractivity contribution in [1.82, 2.24) is 5.32 Å². The lowest BCUT2D eigenvalue weighted by Crippen LogP contribution is -2.54. The summed E-state index contributed by atoms with van der Waals surface area (Å²) in [5, 5.41) is 4.36. The van der Waals surface area contributed by atoms with Crippen LogP contribution in [0, 0.1) is 6.92 Å². The third-order valence-corrected chi connectivity index (χ3v) is 6.14. The van der Waals surface area contributed by atoms with Crippen LogP contribution >= 0.6 is 0 Å². The van der Waals surface area contributed by atoms with Crippen LogP contribution in [-0.2, 0) is 9.59 Å². The van der Waals surface area contributed by atoms with E-state index >= 15 is 0 Å². The molecule has 0 saturated carbocycles. The Morgan fingerprint density at radius 3 is 2.25 bits per heavy atom. The van der Waals surface area contributed by atoms with Crippen LogP contribution in [0.1, 0.15) is 24.0 Å². The van der Waals surface area contributed by atoms with Gasteiger partial charge in [0.1, 0.15) is 5.57 Å². The van der Waals surface area contributed by atoms with Crippen LogP contribution in [0.3, 0.4) is 0 Å². The first-order valence-electron chi connectivity index (χ1n) is 10.8. The summed E-state index contributed by atoms with van der Waals surface area (Å²) in [6.45, 7) is 3.87. The zero-order valence-corrected chi connectivity index (χ0v) is 17.8. The Balaban J connectivity index is 1.60. The molecule has 4 amide bonds. The molecule has 32 heavy (non-hydrogen) atoms. The van der Waals surface area contributed by atoms with Crippen molar-refractivity contribution in [2.75, 3.05) is 22.9 Å². The molecular weight excluding hydrogens is 402 g/mol. The Hall–Kier alpha value is -3.93. The molecule has 2 heterocycles. The molecule has 5 rings (SSSR count). The highest BCUT2D eigenvalue weighted by Crippen LogP contribution is 2.33. The largest absolute Gasteiger partial charge is 0.371 e. The molecule has 2 aliphatic rings. The molecule has 0 bridgehead atoms. The number of anilines is 2. The van der Waals surface area contributed by atoms with E-state index in [-0.39, 0.29) is 5.57 Å². The SMILES string of the molecule is Cc1ccccc1N1C(=O)NC(=O)/C(=C\c2ccc(N3CCCC3)c3ccccc23)C1=O. The molecule has 2 fully saturated rings. The quantitative estimate of drug-likeness (QED) is 0.498. The predicted molar refractivity (Wildman–Crippen MR) is 126 cm³/mol. The number of carbonyl (C=O) groups excluding carboxylic acids is 3. The van der Waals surface area contributed by atoms with Crippen LogP contribution in [0.15, 0.2) is 66.2 Å². The molecular formula is C26H23N3O3. The van der Waals surface area contributed by atoms with Crippen LogP contribution in [0.25, 0.3) is 16.8 Å². The second kappa shape index (κ2) is 7.96. The minimum Gasteiger partial charge on any atom is -0.371 e. The maximum Gasteiger partial charge on any atom is 0.335 e. The van der Waals surface area contributed by atoms with Gasteiger partial charge in [-0.1, -0.05) is 48.5 Å². The minimum atomic E-state index is -0.735. The molecule has 0 unspecified atom stereocenters. The molecule has 0 radical (unpaired) electrons. The maximum absolute atomic E-state index is 13.3. The summed E-state index contributed by atoms with van der Waals surface area (Å²) in [7, 11) is 0. The summed E-state index contributed by atoms with van der Waals surface area (Å²) in [4.78, 5) is 41.8. The maximum atomic E-state index is 13.3. The summed E-state index contributed by atoms with van der Waals surface area (Å²) in [6, 6.07) is 18.4. The highest BCUT2D eigenvalue weighted by atomic mass is 16.2. The summed E-state index contributed by atoms with van der Waals surface area (Å²) >= 11 is 0. The smallest absolute Gasteiger partial charge is 0.335 e. The van der Waals surface area contributed by atoms with Gasteiger partial charge in [-0.15, -0.1) is 0 Å². The second-order valence-corrected chi connectivity index (χ2v) is 8.16. The number of para-hydroxylation sites is 1. The summed E-state index contributed by atoms with van der Waals surface area (Å²) < 4.78 is 0. The van der Waals surface area contributed by atoms with Gasteiger partial charge < -0.3 is 4.90 Å². The molecule has 160 valence electrons. The molecule has 2 aliphatic heterocycles. The Labute approximate surface area is 186 Å². The van der Waals surface area contributed by atoms with Gasteiger partial charge in [-0.05, 0) is 54.5 Å². The zero-order chi connectivity index (χ0) is 22.2. The van der Waals surface area contributed by atoms with Crippen molar-refractivity contribution < 1.29 is 14.4 Å². The van der Waals surface area contributed by atoms with Gasteiger partial charge >= 0.3 is 6.03 Å². The molecule has 0 atom stereocenters. The average Bonchev–Trinajstić information content (AvgIpc) is 3.32. The van der Waals surface area contributed by atoms with E-state index in [0.717, 1.165) is 45.6 Å². The monoisotopic (exact) mass is 425 g/mol. The fourth-order valence-electron chi connectivity index (χ4n) is 4.51. The van der Waals surface area contributed by atoms with E-state index in [1.54, 1.807) is 18.2 Å². The van der Waals surface area contributed by atoms with E-state index in [1.807, 2.05) is 43.3 Å². The third-order valence-electron chi connectivity index (χ3n) is 6.14. The lowest BCUT2D eigenvalue weighted by atomic mass is 9.99. The Kier molecular flexibility index (Phi) is 4.98. The molecule has 1 N–H and O–H groups in total. The Morgan fingerprint density at radius 2 is 1.50 bits per heavy atom. The number of benzene rings is 3. The molecule has 2 saturated heterocycles. The molecule has 0 aliphatic carbocycles. The molecule has 6 nitrogen and oxygen atoms in total. The van der Waals surface area contributed by atoms with Gasteiger partial charge in [-0.3, -0.25) is 14.9 Å². The van der Waals surface area contributed by atoms with Crippen molar-refractivity contribution in [3.05, 3.63) is 77.4 Å². The molecule has 0 aromatic heterocycles. The summed E-state index contributed by atoms with van der Waals surface area (Å²) in [6.07, 6.45) is 3.95. The summed E-state index contributed by atoms with van der Waals surface area (Å²) in [5.74, 6) is -1.31. The fraction of sp³-hybridized carbons (Fsp3) is 0.192. The van der Waals surface area contributed by atoms with Gasteiger partial charge in [0.15, 0.2) is 0 Å². The zero-order valence-electron chi connectivity index (χ0n) is 17.8. The van der Waals surface area contributed by atoms with Crippen molar-refractivity contribution in [2.24, 2.45) is 0 Å². The fourth-order valence-corrected chi connectivity index (χ4v) is 4.51. The van der Waals surface area contributed by atoms with Crippen molar-refractivity contribution in [1.29, 1.82) is 0 Å². The Bertz CT molecular complexity index is 1290. The van der Waals surface area contributed by atoms with E-state index in [1.165, 1.54) is 12.8 Å². The van der Waals surface area contributed by atoms with Crippen molar-refractivity contribution in [2.45, 2.75) is 19.8 Å². The van der Waals surface area contributed by atoms with Crippen LogP contribution in [0.4, 0.5) is 16.2 Å². The summed E-state index contributed by atoms with van der Waals surface area (Å²) in [5.41, 5.74) is 3.09. The number of carbonyl (C=O) groups is 3. The van der Waals surface area contributed by atoms with E-state index in [2.05, 4.69) is 22.3 Å². The van der Waals surface area contributed by atoms with E-state index < -0.39 is 17.8 Å². The van der Waals surface area contributed by atoms with Gasteiger partial charge in [0, 0.05) is 24.2 Å². The van der Waals surface area contributed by atoms with Crippen LogP contribution < -0.4 is 15.1 Å². The van der Waals surface area contributed by atoms with E-state index in [0.29, 0.717) is 5.69 Å². The van der Waals surface area contributed by atoms with Gasteiger partial charge in [0.25, 0.3) is 11.8 Å². The van der Waals surface area contributed by atoms with Gasteiger partial charge in [0.2, 0.25) is 0 Å². The number of rotatable bonds is 3. The number of amides is 4. The van der Waals surface area contributed by atoms with Crippen LogP contribution in [-0.4, -0.2) is 30.9 Å². The number of imide groups is 2. The van der Waals surface area contributed by atoms with E-state index in [9.17, 15) is 14.4 Å². The first kappa shape index (κ1) is 20.0. The lowest BCUT2D eigenvalue weighted by molar-refractivity contribution is -0.122. The van der Waals surface area contributed by atoms with Gasteiger partial charge in [-0.25, -0.2) is 9.69 Å². The van der Waals surface area contributed by atoms with Crippen molar-refractivity contribution in [3.63, 3.8) is 0 Å². The predicted octanol–water partition coefficient (Wildman–Crippen LogP) is 4.41. The van der Waals surface area contributed by atoms with Crippen molar-refractivity contribution in [3.8, 4) is 0 Å². The standard InChI is InChI=1S/C26H23N3O3/c1-17-8-2-5-11-22(17)29-25(31)21(24(30)27-26(29)32)16-18-12-13-23(28-14-6-7-15-28)20-10-4-3-9-19(18)20/h2-5,8-13,16H,6-7,14-15H2,1H3,(H,27,30,32)/b21-16+. The van der Waals surface area contributed by atoms with Crippen LogP contribution in [0.2, 0.25) is 0 Å². The number of barbiturate groups is 1. The van der Waals surface area contributed by atoms with E-state index in [4.69, 9.17) is 0 Å². The number of hydrogen-bond donors (Lipinski definition) is 1. The first-order chi connectivity index (χ1) is 15.5. The third kappa shape index (κ3) is 3.34. The van der Waals surface area contributed by atoms with Gasteiger partial charge in [0.05, 0.1) is 5.69 Å². The van der Waals surface area contributed by atoms with Gasteiger partial charge in [-0.2, -0.15) is 0 Å². The topological polar surface area (TPSA) is 69.7 Å². The highest BCUT2D eigenvalue weighted by molar-refractivity contribution is 6.39.